The van der Waals surface area contributed by atoms with Crippen molar-refractivity contribution in [3.8, 4) is 5.88 Å². The lowest BCUT2D eigenvalue weighted by atomic mass is 10.3. The van der Waals surface area contributed by atoms with Gasteiger partial charge in [-0.15, -0.1) is 0 Å². The molecular weight excluding hydrogens is 178 g/mol. The van der Waals surface area contributed by atoms with Crippen LogP contribution in [0.3, 0.4) is 0 Å². The minimum Gasteiger partial charge on any atom is -0.477 e. The molecule has 0 aliphatic heterocycles. The molecule has 0 aliphatic rings. The second-order valence-corrected chi connectivity index (χ2v) is 3.16. The highest BCUT2D eigenvalue weighted by Gasteiger charge is 2.08. The lowest BCUT2D eigenvalue weighted by Crippen LogP contribution is -2.07. The van der Waals surface area contributed by atoms with Crippen LogP contribution in [0.2, 0.25) is 0 Å². The number of nitrogen functional groups attached to an aromatic ring is 1. The van der Waals surface area contributed by atoms with E-state index in [1.54, 1.807) is 0 Å². The van der Waals surface area contributed by atoms with Gasteiger partial charge in [0.25, 0.3) is 0 Å². The first-order valence-corrected chi connectivity index (χ1v) is 4.94. The van der Waals surface area contributed by atoms with Gasteiger partial charge in [-0.3, -0.25) is 0 Å². The normalized spacial score (nSPS) is 10.2. The van der Waals surface area contributed by atoms with Crippen LogP contribution in [0.5, 0.6) is 5.88 Å². The molecule has 2 N–H and O–H groups in total. The van der Waals surface area contributed by atoms with Gasteiger partial charge >= 0.3 is 0 Å². The van der Waals surface area contributed by atoms with Crippen LogP contribution in [0, 0.1) is 6.92 Å². The van der Waals surface area contributed by atoms with Crippen molar-refractivity contribution in [1.82, 2.24) is 9.97 Å². The van der Waals surface area contributed by atoms with E-state index < -0.39 is 0 Å². The topological polar surface area (TPSA) is 61.0 Å². The van der Waals surface area contributed by atoms with Crippen LogP contribution in [0.25, 0.3) is 0 Å². The SMILES string of the molecule is CCCOc1nc(CC)nc(N)c1C. The number of rotatable bonds is 4. The molecule has 0 radical (unpaired) electrons. The summed E-state index contributed by atoms with van der Waals surface area (Å²) in [6, 6.07) is 0. The molecule has 1 aromatic heterocycles. The summed E-state index contributed by atoms with van der Waals surface area (Å²) in [4.78, 5) is 8.42. The highest BCUT2D eigenvalue weighted by atomic mass is 16.5. The highest BCUT2D eigenvalue weighted by molar-refractivity contribution is 5.44. The monoisotopic (exact) mass is 195 g/mol. The molecule has 1 rings (SSSR count). The molecule has 1 aromatic rings. The summed E-state index contributed by atoms with van der Waals surface area (Å²) in [6.45, 7) is 6.59. The van der Waals surface area contributed by atoms with E-state index in [0.29, 0.717) is 18.3 Å². The average molecular weight is 195 g/mol. The van der Waals surface area contributed by atoms with Gasteiger partial charge in [0, 0.05) is 6.42 Å². The Morgan fingerprint density at radius 2 is 2.00 bits per heavy atom. The van der Waals surface area contributed by atoms with Crippen molar-refractivity contribution in [2.24, 2.45) is 0 Å². The highest BCUT2D eigenvalue weighted by Crippen LogP contribution is 2.19. The van der Waals surface area contributed by atoms with E-state index in [1.165, 1.54) is 0 Å². The molecule has 0 saturated carbocycles. The summed E-state index contributed by atoms with van der Waals surface area (Å²) in [5.74, 6) is 1.87. The first-order chi connectivity index (χ1) is 6.69. The van der Waals surface area contributed by atoms with E-state index in [2.05, 4.69) is 16.9 Å². The van der Waals surface area contributed by atoms with E-state index in [9.17, 15) is 0 Å². The van der Waals surface area contributed by atoms with Gasteiger partial charge in [-0.05, 0) is 13.3 Å². The minimum atomic E-state index is 0.517. The van der Waals surface area contributed by atoms with E-state index in [4.69, 9.17) is 10.5 Å². The fourth-order valence-corrected chi connectivity index (χ4v) is 1.06. The summed E-state index contributed by atoms with van der Waals surface area (Å²) in [7, 11) is 0. The smallest absolute Gasteiger partial charge is 0.221 e. The van der Waals surface area contributed by atoms with Gasteiger partial charge in [0.1, 0.15) is 11.6 Å². The second-order valence-electron chi connectivity index (χ2n) is 3.16. The van der Waals surface area contributed by atoms with Gasteiger partial charge in [0.05, 0.1) is 12.2 Å². The fourth-order valence-electron chi connectivity index (χ4n) is 1.06. The van der Waals surface area contributed by atoms with Crippen LogP contribution in [0.15, 0.2) is 0 Å². The van der Waals surface area contributed by atoms with E-state index in [-0.39, 0.29) is 0 Å². The van der Waals surface area contributed by atoms with Gasteiger partial charge in [0.15, 0.2) is 0 Å². The molecular formula is C10H17N3O. The van der Waals surface area contributed by atoms with E-state index in [0.717, 1.165) is 24.2 Å². The minimum absolute atomic E-state index is 0.517. The Bertz CT molecular complexity index is 312. The van der Waals surface area contributed by atoms with Crippen molar-refractivity contribution < 1.29 is 4.74 Å². The Morgan fingerprint density at radius 3 is 2.57 bits per heavy atom. The maximum Gasteiger partial charge on any atom is 0.221 e. The number of nitrogens with zero attached hydrogens (tertiary/aromatic N) is 2. The lowest BCUT2D eigenvalue weighted by molar-refractivity contribution is 0.301. The molecule has 0 amide bonds. The van der Waals surface area contributed by atoms with E-state index in [1.807, 2.05) is 13.8 Å². The second kappa shape index (κ2) is 4.79. The summed E-state index contributed by atoms with van der Waals surface area (Å²) in [5, 5.41) is 0. The average Bonchev–Trinajstić information content (AvgIpc) is 2.20. The number of anilines is 1. The standard InChI is InChI=1S/C10H17N3O/c1-4-6-14-10-7(3)9(11)12-8(5-2)13-10/h4-6H2,1-3H3,(H2,11,12,13). The zero-order valence-corrected chi connectivity index (χ0v) is 9.00. The maximum atomic E-state index is 5.74. The molecule has 4 nitrogen and oxygen atoms in total. The van der Waals surface area contributed by atoms with Crippen molar-refractivity contribution in [3.63, 3.8) is 0 Å². The van der Waals surface area contributed by atoms with E-state index >= 15 is 0 Å². The van der Waals surface area contributed by atoms with Crippen molar-refractivity contribution in [3.05, 3.63) is 11.4 Å². The fraction of sp³-hybridized carbons (Fsp3) is 0.600. The molecule has 0 saturated heterocycles. The van der Waals surface area contributed by atoms with Gasteiger partial charge in [-0.25, -0.2) is 4.98 Å². The molecule has 0 aromatic carbocycles. The van der Waals surface area contributed by atoms with Crippen LogP contribution in [0.4, 0.5) is 5.82 Å². The van der Waals surface area contributed by atoms with Gasteiger partial charge in [-0.2, -0.15) is 4.98 Å². The zero-order chi connectivity index (χ0) is 10.6. The molecule has 0 atom stereocenters. The van der Waals surface area contributed by atoms with Crippen LogP contribution in [0.1, 0.15) is 31.7 Å². The number of hydrogen-bond donors (Lipinski definition) is 1. The van der Waals surface area contributed by atoms with Crippen LogP contribution < -0.4 is 10.5 Å². The molecule has 0 aliphatic carbocycles. The van der Waals surface area contributed by atoms with Crippen molar-refractivity contribution >= 4 is 5.82 Å². The molecule has 0 bridgehead atoms. The van der Waals surface area contributed by atoms with Gasteiger partial charge < -0.3 is 10.5 Å². The predicted molar refractivity (Wildman–Crippen MR) is 56.3 cm³/mol. The van der Waals surface area contributed by atoms with Gasteiger partial charge in [0.2, 0.25) is 5.88 Å². The maximum absolute atomic E-state index is 5.74. The number of ether oxygens (including phenoxy) is 1. The first-order valence-electron chi connectivity index (χ1n) is 4.94. The Hall–Kier alpha value is -1.32. The van der Waals surface area contributed by atoms with Crippen LogP contribution in [-0.4, -0.2) is 16.6 Å². The summed E-state index contributed by atoms with van der Waals surface area (Å²) in [5.41, 5.74) is 6.57. The molecule has 1 heterocycles. The zero-order valence-electron chi connectivity index (χ0n) is 9.00. The molecule has 4 heteroatoms. The third-order valence-corrected chi connectivity index (χ3v) is 1.94. The Morgan fingerprint density at radius 1 is 1.29 bits per heavy atom. The predicted octanol–water partition coefficient (Wildman–Crippen LogP) is 1.72. The largest absolute Gasteiger partial charge is 0.477 e. The van der Waals surface area contributed by atoms with Gasteiger partial charge in [-0.1, -0.05) is 13.8 Å². The Balaban J connectivity index is 2.95. The number of aromatic nitrogens is 2. The number of aryl methyl sites for hydroxylation is 1. The summed E-state index contributed by atoms with van der Waals surface area (Å²) >= 11 is 0. The molecule has 78 valence electrons. The van der Waals surface area contributed by atoms with Crippen molar-refractivity contribution in [1.29, 1.82) is 0 Å². The third kappa shape index (κ3) is 2.34. The first kappa shape index (κ1) is 10.8. The van der Waals surface area contributed by atoms with Crippen LogP contribution >= 0.6 is 0 Å². The number of hydrogen-bond acceptors (Lipinski definition) is 4. The van der Waals surface area contributed by atoms with Crippen molar-refractivity contribution in [2.75, 3.05) is 12.3 Å². The third-order valence-electron chi connectivity index (χ3n) is 1.94. The molecule has 0 spiro atoms. The Kier molecular flexibility index (Phi) is 3.68. The van der Waals surface area contributed by atoms with Crippen molar-refractivity contribution in [2.45, 2.75) is 33.6 Å². The molecule has 14 heavy (non-hydrogen) atoms. The molecule has 0 unspecified atom stereocenters. The van der Waals surface area contributed by atoms with Crippen LogP contribution in [-0.2, 0) is 6.42 Å². The summed E-state index contributed by atoms with van der Waals surface area (Å²) in [6.07, 6.45) is 1.73. The summed E-state index contributed by atoms with van der Waals surface area (Å²) < 4.78 is 5.48. The Labute approximate surface area is 84.5 Å². The quantitative estimate of drug-likeness (QED) is 0.794. The number of nitrogens with two attached hydrogens (primary N) is 1. The molecule has 0 fully saturated rings. The lowest BCUT2D eigenvalue weighted by Gasteiger charge is -2.09.